The lowest BCUT2D eigenvalue weighted by Gasteiger charge is -2.15. The van der Waals surface area contributed by atoms with E-state index in [1.165, 1.54) is 0 Å². The Morgan fingerprint density at radius 3 is 2.74 bits per heavy atom. The summed E-state index contributed by atoms with van der Waals surface area (Å²) < 4.78 is 0. The van der Waals surface area contributed by atoms with Crippen LogP contribution in [0.1, 0.15) is 35.2 Å². The van der Waals surface area contributed by atoms with Gasteiger partial charge in [0.15, 0.2) is 0 Å². The van der Waals surface area contributed by atoms with Crippen molar-refractivity contribution in [3.05, 3.63) is 35.4 Å². The van der Waals surface area contributed by atoms with Crippen molar-refractivity contribution in [3.63, 3.8) is 0 Å². The van der Waals surface area contributed by atoms with Crippen LogP contribution in [0.25, 0.3) is 0 Å². The molecule has 1 aromatic rings. The SMILES string of the molecule is NC(=O)c1cccc(CNC(=O)C2CCCC2N)c1. The Morgan fingerprint density at radius 1 is 1.32 bits per heavy atom. The largest absolute Gasteiger partial charge is 0.366 e. The molecular formula is C14H19N3O2. The predicted molar refractivity (Wildman–Crippen MR) is 72.1 cm³/mol. The van der Waals surface area contributed by atoms with E-state index in [2.05, 4.69) is 5.32 Å². The zero-order valence-electron chi connectivity index (χ0n) is 10.8. The van der Waals surface area contributed by atoms with Gasteiger partial charge in [-0.15, -0.1) is 0 Å². The molecule has 0 aliphatic heterocycles. The van der Waals surface area contributed by atoms with Crippen molar-refractivity contribution in [3.8, 4) is 0 Å². The second-order valence-corrected chi connectivity index (χ2v) is 4.98. The van der Waals surface area contributed by atoms with Crippen LogP contribution in [-0.2, 0) is 11.3 Å². The van der Waals surface area contributed by atoms with Crippen LogP contribution in [0, 0.1) is 5.92 Å². The minimum absolute atomic E-state index is 0.00511. The summed E-state index contributed by atoms with van der Waals surface area (Å²) in [6.07, 6.45) is 2.78. The first-order valence-corrected chi connectivity index (χ1v) is 6.50. The number of hydrogen-bond donors (Lipinski definition) is 3. The number of amides is 2. The number of carbonyl (C=O) groups is 2. The summed E-state index contributed by atoms with van der Waals surface area (Å²) in [5, 5.41) is 2.87. The fraction of sp³-hybridized carbons (Fsp3) is 0.429. The summed E-state index contributed by atoms with van der Waals surface area (Å²) in [7, 11) is 0. The van der Waals surface area contributed by atoms with Gasteiger partial charge < -0.3 is 16.8 Å². The maximum Gasteiger partial charge on any atom is 0.248 e. The van der Waals surface area contributed by atoms with Crippen molar-refractivity contribution in [2.75, 3.05) is 0 Å². The van der Waals surface area contributed by atoms with Crippen LogP contribution in [0.15, 0.2) is 24.3 Å². The number of benzene rings is 1. The number of nitrogens with one attached hydrogen (secondary N) is 1. The monoisotopic (exact) mass is 261 g/mol. The second-order valence-electron chi connectivity index (χ2n) is 4.98. The highest BCUT2D eigenvalue weighted by molar-refractivity contribution is 5.92. The Morgan fingerprint density at radius 2 is 2.11 bits per heavy atom. The first kappa shape index (κ1) is 13.5. The normalized spacial score (nSPS) is 22.2. The molecule has 102 valence electrons. The molecule has 0 heterocycles. The fourth-order valence-corrected chi connectivity index (χ4v) is 2.47. The lowest BCUT2D eigenvalue weighted by atomic mass is 10.0. The van der Waals surface area contributed by atoms with Crippen LogP contribution in [0.2, 0.25) is 0 Å². The molecule has 0 bridgehead atoms. The topological polar surface area (TPSA) is 98.2 Å². The van der Waals surface area contributed by atoms with Gasteiger partial charge in [-0.25, -0.2) is 0 Å². The number of primary amides is 1. The molecular weight excluding hydrogens is 242 g/mol. The van der Waals surface area contributed by atoms with E-state index in [1.54, 1.807) is 18.2 Å². The summed E-state index contributed by atoms with van der Waals surface area (Å²) in [6, 6.07) is 6.92. The van der Waals surface area contributed by atoms with Gasteiger partial charge in [0.2, 0.25) is 11.8 Å². The molecule has 0 radical (unpaired) electrons. The van der Waals surface area contributed by atoms with Gasteiger partial charge in [0, 0.05) is 18.2 Å². The highest BCUT2D eigenvalue weighted by Crippen LogP contribution is 2.24. The van der Waals surface area contributed by atoms with Crippen molar-refractivity contribution in [1.29, 1.82) is 0 Å². The molecule has 1 aromatic carbocycles. The Labute approximate surface area is 112 Å². The van der Waals surface area contributed by atoms with E-state index in [-0.39, 0.29) is 17.9 Å². The van der Waals surface area contributed by atoms with Crippen LogP contribution in [0.5, 0.6) is 0 Å². The predicted octanol–water partition coefficient (Wildman–Crippen LogP) is 0.529. The molecule has 5 heteroatoms. The molecule has 0 aromatic heterocycles. The average Bonchev–Trinajstić information content (AvgIpc) is 2.82. The first-order valence-electron chi connectivity index (χ1n) is 6.50. The van der Waals surface area contributed by atoms with E-state index in [1.807, 2.05) is 6.07 Å². The van der Waals surface area contributed by atoms with E-state index < -0.39 is 5.91 Å². The van der Waals surface area contributed by atoms with E-state index >= 15 is 0 Å². The highest BCUT2D eigenvalue weighted by atomic mass is 16.2. The molecule has 1 fully saturated rings. The van der Waals surface area contributed by atoms with E-state index in [4.69, 9.17) is 11.5 Å². The molecule has 1 aliphatic carbocycles. The molecule has 1 saturated carbocycles. The van der Waals surface area contributed by atoms with E-state index in [9.17, 15) is 9.59 Å². The highest BCUT2D eigenvalue weighted by Gasteiger charge is 2.29. The average molecular weight is 261 g/mol. The van der Waals surface area contributed by atoms with E-state index in [0.717, 1.165) is 24.8 Å². The minimum atomic E-state index is -0.467. The van der Waals surface area contributed by atoms with Crippen molar-refractivity contribution < 1.29 is 9.59 Å². The standard InChI is InChI=1S/C14H19N3O2/c15-12-6-2-5-11(12)14(19)17-8-9-3-1-4-10(7-9)13(16)18/h1,3-4,7,11-12H,2,5-6,8,15H2,(H2,16,18)(H,17,19). The quantitative estimate of drug-likeness (QED) is 0.737. The molecule has 5 nitrogen and oxygen atoms in total. The Kier molecular flexibility index (Phi) is 4.16. The maximum atomic E-state index is 12.0. The zero-order chi connectivity index (χ0) is 13.8. The van der Waals surface area contributed by atoms with Crippen molar-refractivity contribution in [2.24, 2.45) is 17.4 Å². The summed E-state index contributed by atoms with van der Waals surface area (Å²) in [6.45, 7) is 0.392. The molecule has 1 aliphatic rings. The zero-order valence-corrected chi connectivity index (χ0v) is 10.8. The molecule has 0 saturated heterocycles. The number of rotatable bonds is 4. The number of hydrogen-bond acceptors (Lipinski definition) is 3. The third-order valence-electron chi connectivity index (χ3n) is 3.58. The van der Waals surface area contributed by atoms with Crippen LogP contribution in [0.3, 0.4) is 0 Å². The lowest BCUT2D eigenvalue weighted by Crippen LogP contribution is -2.38. The van der Waals surface area contributed by atoms with Crippen molar-refractivity contribution in [1.82, 2.24) is 5.32 Å². The van der Waals surface area contributed by atoms with Crippen molar-refractivity contribution >= 4 is 11.8 Å². The molecule has 2 rings (SSSR count). The third kappa shape index (κ3) is 3.32. The van der Waals surface area contributed by atoms with Gasteiger partial charge in [-0.3, -0.25) is 9.59 Å². The van der Waals surface area contributed by atoms with Gasteiger partial charge in [0.1, 0.15) is 0 Å². The second kappa shape index (κ2) is 5.84. The van der Waals surface area contributed by atoms with E-state index in [0.29, 0.717) is 12.1 Å². The van der Waals surface area contributed by atoms with Gasteiger partial charge in [-0.05, 0) is 30.5 Å². The van der Waals surface area contributed by atoms with Crippen LogP contribution >= 0.6 is 0 Å². The third-order valence-corrected chi connectivity index (χ3v) is 3.58. The summed E-state index contributed by atoms with van der Waals surface area (Å²) in [5.41, 5.74) is 12.4. The fourth-order valence-electron chi connectivity index (χ4n) is 2.47. The Bertz CT molecular complexity index is 487. The smallest absolute Gasteiger partial charge is 0.248 e. The molecule has 5 N–H and O–H groups in total. The number of nitrogens with two attached hydrogens (primary N) is 2. The summed E-state index contributed by atoms with van der Waals surface area (Å²) in [4.78, 5) is 23.0. The van der Waals surface area contributed by atoms with Crippen LogP contribution in [-0.4, -0.2) is 17.9 Å². The van der Waals surface area contributed by atoms with Crippen molar-refractivity contribution in [2.45, 2.75) is 31.8 Å². The maximum absolute atomic E-state index is 12.0. The Hall–Kier alpha value is -1.88. The van der Waals surface area contributed by atoms with Crippen LogP contribution in [0.4, 0.5) is 0 Å². The summed E-state index contributed by atoms with van der Waals surface area (Å²) >= 11 is 0. The molecule has 2 atom stereocenters. The molecule has 0 spiro atoms. The van der Waals surface area contributed by atoms with Gasteiger partial charge in [0.05, 0.1) is 5.92 Å². The van der Waals surface area contributed by atoms with Gasteiger partial charge in [0.25, 0.3) is 0 Å². The van der Waals surface area contributed by atoms with Gasteiger partial charge in [-0.2, -0.15) is 0 Å². The molecule has 2 unspecified atom stereocenters. The van der Waals surface area contributed by atoms with Gasteiger partial charge >= 0.3 is 0 Å². The minimum Gasteiger partial charge on any atom is -0.366 e. The lowest BCUT2D eigenvalue weighted by molar-refractivity contribution is -0.125. The Balaban J connectivity index is 1.93. The van der Waals surface area contributed by atoms with Gasteiger partial charge in [-0.1, -0.05) is 18.6 Å². The first-order chi connectivity index (χ1) is 9.08. The molecule has 2 amide bonds. The summed E-state index contributed by atoms with van der Waals surface area (Å²) in [5.74, 6) is -0.556. The van der Waals surface area contributed by atoms with Crippen LogP contribution < -0.4 is 16.8 Å². The number of carbonyl (C=O) groups excluding carboxylic acids is 2. The molecule has 19 heavy (non-hydrogen) atoms.